The van der Waals surface area contributed by atoms with Crippen molar-refractivity contribution in [2.45, 2.75) is 13.3 Å². The van der Waals surface area contributed by atoms with Crippen LogP contribution in [-0.2, 0) is 0 Å². The molecule has 0 aliphatic carbocycles. The predicted octanol–water partition coefficient (Wildman–Crippen LogP) is 3.65. The Bertz CT molecular complexity index is 604. The number of hydrogen-bond donors (Lipinski definition) is 1. The quantitative estimate of drug-likeness (QED) is 0.864. The van der Waals surface area contributed by atoms with Gasteiger partial charge in [0.15, 0.2) is 0 Å². The number of benzene rings is 1. The van der Waals surface area contributed by atoms with E-state index in [0.717, 1.165) is 40.3 Å². The lowest BCUT2D eigenvalue weighted by Gasteiger charge is -2.25. The van der Waals surface area contributed by atoms with E-state index >= 15 is 0 Å². The van der Waals surface area contributed by atoms with Crippen LogP contribution in [0.5, 0.6) is 5.75 Å². The SMILES string of the molecule is COc1cccc(N(CCCN)c2ncc(C)cc2Br)c1. The van der Waals surface area contributed by atoms with Crippen molar-refractivity contribution in [2.75, 3.05) is 25.1 Å². The first-order chi connectivity index (χ1) is 10.2. The minimum Gasteiger partial charge on any atom is -0.497 e. The molecule has 0 aliphatic heterocycles. The zero-order chi connectivity index (χ0) is 15.2. The highest BCUT2D eigenvalue weighted by Crippen LogP contribution is 2.32. The maximum Gasteiger partial charge on any atom is 0.147 e. The molecule has 1 aromatic heterocycles. The largest absolute Gasteiger partial charge is 0.497 e. The third kappa shape index (κ3) is 3.95. The van der Waals surface area contributed by atoms with Crippen molar-refractivity contribution < 1.29 is 4.74 Å². The second-order valence-corrected chi connectivity index (χ2v) is 5.67. The van der Waals surface area contributed by atoms with Crippen molar-refractivity contribution in [2.24, 2.45) is 5.73 Å². The number of pyridine rings is 1. The van der Waals surface area contributed by atoms with Gasteiger partial charge in [0.05, 0.1) is 11.6 Å². The van der Waals surface area contributed by atoms with Crippen molar-refractivity contribution >= 4 is 27.4 Å². The Hall–Kier alpha value is -1.59. The third-order valence-electron chi connectivity index (χ3n) is 3.16. The lowest BCUT2D eigenvalue weighted by molar-refractivity contribution is 0.415. The summed E-state index contributed by atoms with van der Waals surface area (Å²) in [6.45, 7) is 3.47. The molecule has 112 valence electrons. The smallest absolute Gasteiger partial charge is 0.147 e. The van der Waals surface area contributed by atoms with Crippen molar-refractivity contribution in [1.82, 2.24) is 4.98 Å². The van der Waals surface area contributed by atoms with E-state index in [2.05, 4.69) is 31.9 Å². The van der Waals surface area contributed by atoms with Crippen molar-refractivity contribution in [3.63, 3.8) is 0 Å². The Morgan fingerprint density at radius 2 is 2.14 bits per heavy atom. The summed E-state index contributed by atoms with van der Waals surface area (Å²) in [6, 6.07) is 10.0. The van der Waals surface area contributed by atoms with E-state index < -0.39 is 0 Å². The number of nitrogens with zero attached hydrogens (tertiary/aromatic N) is 2. The molecule has 1 aromatic carbocycles. The summed E-state index contributed by atoms with van der Waals surface area (Å²) in [4.78, 5) is 6.71. The zero-order valence-electron chi connectivity index (χ0n) is 12.3. The fourth-order valence-electron chi connectivity index (χ4n) is 2.11. The van der Waals surface area contributed by atoms with Gasteiger partial charge in [0.25, 0.3) is 0 Å². The van der Waals surface area contributed by atoms with Crippen LogP contribution in [0.2, 0.25) is 0 Å². The van der Waals surface area contributed by atoms with Crippen LogP contribution in [0.25, 0.3) is 0 Å². The second kappa shape index (κ2) is 7.43. The molecule has 0 atom stereocenters. The van der Waals surface area contributed by atoms with Crippen molar-refractivity contribution in [1.29, 1.82) is 0 Å². The highest BCUT2D eigenvalue weighted by molar-refractivity contribution is 9.10. The van der Waals surface area contributed by atoms with Crippen molar-refractivity contribution in [3.05, 3.63) is 46.6 Å². The van der Waals surface area contributed by atoms with Crippen LogP contribution >= 0.6 is 15.9 Å². The summed E-state index contributed by atoms with van der Waals surface area (Å²) in [5.74, 6) is 1.72. The van der Waals surface area contributed by atoms with Crippen LogP contribution in [0.4, 0.5) is 11.5 Å². The average Bonchev–Trinajstić information content (AvgIpc) is 2.49. The number of methoxy groups -OCH3 is 1. The second-order valence-electron chi connectivity index (χ2n) is 4.81. The van der Waals surface area contributed by atoms with Crippen LogP contribution in [0, 0.1) is 6.92 Å². The normalized spacial score (nSPS) is 10.5. The maximum absolute atomic E-state index is 5.67. The number of aromatic nitrogens is 1. The van der Waals surface area contributed by atoms with Crippen LogP contribution < -0.4 is 15.4 Å². The number of halogens is 1. The topological polar surface area (TPSA) is 51.4 Å². The molecule has 0 amide bonds. The third-order valence-corrected chi connectivity index (χ3v) is 3.75. The molecule has 2 rings (SSSR count). The van der Waals surface area contributed by atoms with E-state index in [0.29, 0.717) is 6.54 Å². The Kier molecular flexibility index (Phi) is 5.59. The monoisotopic (exact) mass is 349 g/mol. The fraction of sp³-hybridized carbons (Fsp3) is 0.312. The summed E-state index contributed by atoms with van der Waals surface area (Å²) in [5.41, 5.74) is 7.83. The molecule has 2 aromatic rings. The molecule has 0 unspecified atom stereocenters. The summed E-state index contributed by atoms with van der Waals surface area (Å²) >= 11 is 3.61. The maximum atomic E-state index is 5.67. The molecule has 0 saturated heterocycles. The predicted molar refractivity (Wildman–Crippen MR) is 90.3 cm³/mol. The van der Waals surface area contributed by atoms with E-state index in [4.69, 9.17) is 10.5 Å². The van der Waals surface area contributed by atoms with E-state index in [-0.39, 0.29) is 0 Å². The molecule has 0 radical (unpaired) electrons. The van der Waals surface area contributed by atoms with E-state index in [1.54, 1.807) is 7.11 Å². The summed E-state index contributed by atoms with van der Waals surface area (Å²) in [7, 11) is 1.67. The molecule has 1 heterocycles. The van der Waals surface area contributed by atoms with Gasteiger partial charge < -0.3 is 15.4 Å². The average molecular weight is 350 g/mol. The van der Waals surface area contributed by atoms with Gasteiger partial charge in [-0.15, -0.1) is 0 Å². The summed E-state index contributed by atoms with van der Waals surface area (Å²) in [6.07, 6.45) is 2.76. The first-order valence-electron chi connectivity index (χ1n) is 6.89. The highest BCUT2D eigenvalue weighted by Gasteiger charge is 2.14. The lowest BCUT2D eigenvalue weighted by Crippen LogP contribution is -2.22. The van der Waals surface area contributed by atoms with Gasteiger partial charge in [-0.3, -0.25) is 0 Å². The van der Waals surface area contributed by atoms with Gasteiger partial charge in [0.2, 0.25) is 0 Å². The minimum atomic E-state index is 0.643. The molecule has 0 fully saturated rings. The number of rotatable bonds is 6. The number of anilines is 2. The van der Waals surface area contributed by atoms with Crippen LogP contribution in [0.15, 0.2) is 41.0 Å². The van der Waals surface area contributed by atoms with Gasteiger partial charge in [-0.2, -0.15) is 0 Å². The lowest BCUT2D eigenvalue weighted by atomic mass is 10.2. The molecule has 0 saturated carbocycles. The first-order valence-corrected chi connectivity index (χ1v) is 7.69. The first kappa shape index (κ1) is 15.8. The van der Waals surface area contributed by atoms with Gasteiger partial charge >= 0.3 is 0 Å². The molecular formula is C16H20BrN3O. The summed E-state index contributed by atoms with van der Waals surface area (Å²) in [5, 5.41) is 0. The van der Waals surface area contributed by atoms with Crippen LogP contribution in [0.1, 0.15) is 12.0 Å². The van der Waals surface area contributed by atoms with Crippen LogP contribution in [-0.4, -0.2) is 25.2 Å². The van der Waals surface area contributed by atoms with Crippen LogP contribution in [0.3, 0.4) is 0 Å². The Balaban J connectivity index is 2.41. The highest BCUT2D eigenvalue weighted by atomic mass is 79.9. The van der Waals surface area contributed by atoms with Gasteiger partial charge in [-0.05, 0) is 59.6 Å². The van der Waals surface area contributed by atoms with Gasteiger partial charge in [-0.1, -0.05) is 6.07 Å². The van der Waals surface area contributed by atoms with E-state index in [9.17, 15) is 0 Å². The molecular weight excluding hydrogens is 330 g/mol. The van der Waals surface area contributed by atoms with E-state index in [1.165, 1.54) is 0 Å². The molecule has 21 heavy (non-hydrogen) atoms. The number of aryl methyl sites for hydroxylation is 1. The molecule has 0 bridgehead atoms. The summed E-state index contributed by atoms with van der Waals surface area (Å²) < 4.78 is 6.29. The number of hydrogen-bond acceptors (Lipinski definition) is 4. The number of nitrogens with two attached hydrogens (primary N) is 1. The Morgan fingerprint density at radius 3 is 2.81 bits per heavy atom. The zero-order valence-corrected chi connectivity index (χ0v) is 13.9. The van der Waals surface area contributed by atoms with Gasteiger partial charge in [0.1, 0.15) is 11.6 Å². The van der Waals surface area contributed by atoms with Gasteiger partial charge in [-0.25, -0.2) is 4.98 Å². The fourth-order valence-corrected chi connectivity index (χ4v) is 2.79. The molecule has 0 spiro atoms. The minimum absolute atomic E-state index is 0.643. The Morgan fingerprint density at radius 1 is 1.33 bits per heavy atom. The van der Waals surface area contributed by atoms with Gasteiger partial charge in [0, 0.05) is 24.5 Å². The standard InChI is InChI=1S/C16H20BrN3O/c1-12-9-15(17)16(19-11-12)20(8-4-7-18)13-5-3-6-14(10-13)21-2/h3,5-6,9-11H,4,7-8,18H2,1-2H3. The molecule has 4 nitrogen and oxygen atoms in total. The Labute approximate surface area is 134 Å². The van der Waals surface area contributed by atoms with E-state index in [1.807, 2.05) is 37.4 Å². The molecule has 2 N–H and O–H groups in total. The molecule has 0 aliphatic rings. The van der Waals surface area contributed by atoms with Crippen molar-refractivity contribution in [3.8, 4) is 5.75 Å². The number of ether oxygens (including phenoxy) is 1. The molecule has 5 heteroatoms.